The van der Waals surface area contributed by atoms with Crippen LogP contribution in [0.3, 0.4) is 0 Å². The number of benzene rings is 1. The molecule has 0 spiro atoms. The second-order valence-electron chi connectivity index (χ2n) is 6.08. The highest BCUT2D eigenvalue weighted by Gasteiger charge is 2.21. The van der Waals surface area contributed by atoms with Gasteiger partial charge in [-0.05, 0) is 24.3 Å². The molecule has 0 saturated heterocycles. The Labute approximate surface area is 133 Å². The van der Waals surface area contributed by atoms with Crippen molar-refractivity contribution >= 4 is 15.9 Å². The van der Waals surface area contributed by atoms with E-state index < -0.39 is 0 Å². The van der Waals surface area contributed by atoms with Crippen molar-refractivity contribution in [2.45, 2.75) is 52.5 Å². The van der Waals surface area contributed by atoms with Gasteiger partial charge in [0.15, 0.2) is 0 Å². The van der Waals surface area contributed by atoms with Crippen LogP contribution in [0.4, 0.5) is 0 Å². The summed E-state index contributed by atoms with van der Waals surface area (Å²) in [5, 5.41) is 1.03. The summed E-state index contributed by atoms with van der Waals surface area (Å²) >= 11 is 3.71. The topological polar surface area (TPSA) is 3.24 Å². The minimum atomic E-state index is 0.579. The molecule has 0 N–H and O–H groups in total. The average molecular weight is 340 g/mol. The number of rotatable bonds is 9. The molecule has 0 heterocycles. The van der Waals surface area contributed by atoms with Gasteiger partial charge in [0.2, 0.25) is 0 Å². The number of alkyl halides is 1. The first-order chi connectivity index (χ1) is 9.62. The molecule has 20 heavy (non-hydrogen) atoms. The fourth-order valence-electron chi connectivity index (χ4n) is 2.90. The number of hydrogen-bond acceptors (Lipinski definition) is 1. The third kappa shape index (κ3) is 5.57. The van der Waals surface area contributed by atoms with Gasteiger partial charge in [-0.15, -0.1) is 0 Å². The molecule has 1 aromatic carbocycles. The van der Waals surface area contributed by atoms with Gasteiger partial charge in [-0.3, -0.25) is 4.90 Å². The number of hydrogen-bond donors (Lipinski definition) is 0. The lowest BCUT2D eigenvalue weighted by atomic mass is 9.98. The predicted octanol–water partition coefficient (Wildman–Crippen LogP) is 5.31. The lowest BCUT2D eigenvalue weighted by Gasteiger charge is -2.34. The average Bonchev–Trinajstić information content (AvgIpc) is 2.46. The summed E-state index contributed by atoms with van der Waals surface area (Å²) in [5.41, 5.74) is 1.45. The molecule has 1 unspecified atom stereocenters. The van der Waals surface area contributed by atoms with Crippen LogP contribution in [0.25, 0.3) is 0 Å². The van der Waals surface area contributed by atoms with E-state index in [1.807, 2.05) is 0 Å². The van der Waals surface area contributed by atoms with Crippen LogP contribution in [0, 0.1) is 5.92 Å². The molecular weight excluding hydrogens is 310 g/mol. The Morgan fingerprint density at radius 1 is 1.00 bits per heavy atom. The van der Waals surface area contributed by atoms with Crippen molar-refractivity contribution in [1.82, 2.24) is 4.90 Å². The molecule has 0 radical (unpaired) electrons. The van der Waals surface area contributed by atoms with E-state index >= 15 is 0 Å². The summed E-state index contributed by atoms with van der Waals surface area (Å²) in [4.78, 5) is 2.70. The summed E-state index contributed by atoms with van der Waals surface area (Å²) in [6.07, 6.45) is 2.49. The third-order valence-electron chi connectivity index (χ3n) is 3.97. The third-order valence-corrected chi connectivity index (χ3v) is 4.75. The van der Waals surface area contributed by atoms with E-state index in [0.29, 0.717) is 12.0 Å². The monoisotopic (exact) mass is 339 g/mol. The molecule has 0 aromatic heterocycles. The minimum Gasteiger partial charge on any atom is -0.300 e. The first-order valence-corrected chi connectivity index (χ1v) is 9.09. The Morgan fingerprint density at radius 2 is 1.60 bits per heavy atom. The second-order valence-corrected chi connectivity index (χ2v) is 6.73. The first kappa shape index (κ1) is 17.7. The summed E-state index contributed by atoms with van der Waals surface area (Å²) in [5.74, 6) is 1.30. The van der Waals surface area contributed by atoms with E-state index in [1.54, 1.807) is 0 Å². The van der Waals surface area contributed by atoms with Crippen molar-refractivity contribution in [3.8, 4) is 0 Å². The molecule has 1 atom stereocenters. The molecule has 0 fully saturated rings. The lowest BCUT2D eigenvalue weighted by Crippen LogP contribution is -2.40. The van der Waals surface area contributed by atoms with Gasteiger partial charge < -0.3 is 0 Å². The molecule has 2 heteroatoms. The standard InChI is InChI=1S/C18H30BrN/c1-5-18(6-2)20(13-15(3)4)14-17(12-19)16-10-8-7-9-11-16/h7-11,15,17-18H,5-6,12-14H2,1-4H3. The smallest absolute Gasteiger partial charge is 0.0112 e. The SMILES string of the molecule is CCC(CC)N(CC(C)C)CC(CBr)c1ccccc1. The van der Waals surface area contributed by atoms with Crippen LogP contribution in [0.2, 0.25) is 0 Å². The fraction of sp³-hybridized carbons (Fsp3) is 0.667. The Balaban J connectivity index is 2.80. The van der Waals surface area contributed by atoms with Gasteiger partial charge in [0.1, 0.15) is 0 Å². The molecule has 114 valence electrons. The molecular formula is C18H30BrN. The van der Waals surface area contributed by atoms with Crippen LogP contribution in [0.15, 0.2) is 30.3 Å². The molecule has 0 aliphatic carbocycles. The van der Waals surface area contributed by atoms with Crippen LogP contribution in [0.1, 0.15) is 52.0 Å². The van der Waals surface area contributed by atoms with Gasteiger partial charge in [-0.2, -0.15) is 0 Å². The van der Waals surface area contributed by atoms with Crippen molar-refractivity contribution in [2.75, 3.05) is 18.4 Å². The highest BCUT2D eigenvalue weighted by atomic mass is 79.9. The van der Waals surface area contributed by atoms with E-state index in [2.05, 4.69) is 78.9 Å². The number of halogens is 1. The van der Waals surface area contributed by atoms with Gasteiger partial charge in [0.25, 0.3) is 0 Å². The molecule has 0 aliphatic rings. The Morgan fingerprint density at radius 3 is 2.05 bits per heavy atom. The Kier molecular flexibility index (Phi) is 8.47. The van der Waals surface area contributed by atoms with Gasteiger partial charge in [0, 0.05) is 30.4 Å². The van der Waals surface area contributed by atoms with Gasteiger partial charge >= 0.3 is 0 Å². The minimum absolute atomic E-state index is 0.579. The summed E-state index contributed by atoms with van der Waals surface area (Å²) < 4.78 is 0. The Bertz CT molecular complexity index is 346. The quantitative estimate of drug-likeness (QED) is 0.551. The van der Waals surface area contributed by atoms with Crippen LogP contribution >= 0.6 is 15.9 Å². The van der Waals surface area contributed by atoms with Gasteiger partial charge in [-0.1, -0.05) is 74.0 Å². The first-order valence-electron chi connectivity index (χ1n) is 7.97. The van der Waals surface area contributed by atoms with Gasteiger partial charge in [0.05, 0.1) is 0 Å². The van der Waals surface area contributed by atoms with Gasteiger partial charge in [-0.25, -0.2) is 0 Å². The van der Waals surface area contributed by atoms with Crippen molar-refractivity contribution < 1.29 is 0 Å². The van der Waals surface area contributed by atoms with Crippen molar-refractivity contribution in [3.05, 3.63) is 35.9 Å². The normalized spacial score (nSPS) is 13.4. The molecule has 1 rings (SSSR count). The molecule has 0 amide bonds. The van der Waals surface area contributed by atoms with E-state index in [9.17, 15) is 0 Å². The molecule has 0 saturated carbocycles. The fourth-order valence-corrected chi connectivity index (χ4v) is 3.48. The maximum Gasteiger partial charge on any atom is 0.0112 e. The number of nitrogens with zero attached hydrogens (tertiary/aromatic N) is 1. The van der Waals surface area contributed by atoms with Crippen LogP contribution < -0.4 is 0 Å². The van der Waals surface area contributed by atoms with Crippen LogP contribution in [-0.2, 0) is 0 Å². The predicted molar refractivity (Wildman–Crippen MR) is 93.8 cm³/mol. The van der Waals surface area contributed by atoms with E-state index in [1.165, 1.54) is 24.9 Å². The summed E-state index contributed by atoms with van der Waals surface area (Å²) in [6, 6.07) is 11.6. The van der Waals surface area contributed by atoms with Crippen LogP contribution in [0.5, 0.6) is 0 Å². The highest BCUT2D eigenvalue weighted by Crippen LogP contribution is 2.22. The zero-order valence-corrected chi connectivity index (χ0v) is 15.1. The highest BCUT2D eigenvalue weighted by molar-refractivity contribution is 9.09. The summed E-state index contributed by atoms with van der Waals surface area (Å²) in [7, 11) is 0. The zero-order valence-electron chi connectivity index (χ0n) is 13.5. The van der Waals surface area contributed by atoms with Crippen LogP contribution in [-0.4, -0.2) is 29.4 Å². The van der Waals surface area contributed by atoms with E-state index in [4.69, 9.17) is 0 Å². The van der Waals surface area contributed by atoms with E-state index in [-0.39, 0.29) is 0 Å². The van der Waals surface area contributed by atoms with E-state index in [0.717, 1.165) is 17.8 Å². The molecule has 1 nitrogen and oxygen atoms in total. The van der Waals surface area contributed by atoms with Crippen molar-refractivity contribution in [2.24, 2.45) is 5.92 Å². The summed E-state index contributed by atoms with van der Waals surface area (Å²) in [6.45, 7) is 11.6. The maximum absolute atomic E-state index is 3.71. The van der Waals surface area contributed by atoms with Crippen molar-refractivity contribution in [1.29, 1.82) is 0 Å². The second kappa shape index (κ2) is 9.57. The molecule has 0 bridgehead atoms. The lowest BCUT2D eigenvalue weighted by molar-refractivity contribution is 0.159. The van der Waals surface area contributed by atoms with Crippen molar-refractivity contribution in [3.63, 3.8) is 0 Å². The molecule has 1 aromatic rings. The molecule has 0 aliphatic heterocycles. The maximum atomic E-state index is 3.71. The largest absolute Gasteiger partial charge is 0.300 e. The Hall–Kier alpha value is -0.340. The zero-order chi connectivity index (χ0) is 15.0.